The quantitative estimate of drug-likeness (QED) is 0.648. The first kappa shape index (κ1) is 18.6. The molecule has 4 rings (SSSR count). The molecule has 3 heteroatoms. The Labute approximate surface area is 167 Å². The fourth-order valence-corrected chi connectivity index (χ4v) is 5.34. The molecule has 142 valence electrons. The smallest absolute Gasteiger partial charge is 0.254 e. The molecule has 0 saturated carbocycles. The summed E-state index contributed by atoms with van der Waals surface area (Å²) in [6, 6.07) is 13.1. The number of amides is 1. The van der Waals surface area contributed by atoms with Crippen molar-refractivity contribution >= 4 is 17.7 Å². The maximum absolute atomic E-state index is 13.0. The minimum absolute atomic E-state index is 0.210. The zero-order valence-corrected chi connectivity index (χ0v) is 17.5. The summed E-state index contributed by atoms with van der Waals surface area (Å²) in [5, 5.41) is 0. The summed E-state index contributed by atoms with van der Waals surface area (Å²) in [5.74, 6) is 0.210. The van der Waals surface area contributed by atoms with Crippen molar-refractivity contribution in [3.63, 3.8) is 0 Å². The van der Waals surface area contributed by atoms with Crippen LogP contribution in [0.1, 0.15) is 51.9 Å². The average Bonchev–Trinajstić information content (AvgIpc) is 2.68. The number of rotatable bonds is 2. The van der Waals surface area contributed by atoms with E-state index >= 15 is 0 Å². The van der Waals surface area contributed by atoms with Crippen LogP contribution in [-0.2, 0) is 12.8 Å². The van der Waals surface area contributed by atoms with Crippen LogP contribution in [-0.4, -0.2) is 30.2 Å². The van der Waals surface area contributed by atoms with Gasteiger partial charge < -0.3 is 4.90 Å². The van der Waals surface area contributed by atoms with E-state index in [1.165, 1.54) is 35.3 Å². The van der Waals surface area contributed by atoms with Gasteiger partial charge >= 0.3 is 0 Å². The topological polar surface area (TPSA) is 20.3 Å². The van der Waals surface area contributed by atoms with Gasteiger partial charge in [-0.15, -0.1) is 11.8 Å². The molecule has 1 fully saturated rings. The van der Waals surface area contributed by atoms with E-state index in [0.717, 1.165) is 37.1 Å². The number of aryl methyl sites for hydroxylation is 3. The monoisotopic (exact) mass is 379 g/mol. The summed E-state index contributed by atoms with van der Waals surface area (Å²) < 4.78 is 0. The fraction of sp³-hybridized carbons (Fsp3) is 0.458. The maximum Gasteiger partial charge on any atom is 0.254 e. The van der Waals surface area contributed by atoms with E-state index in [1.54, 1.807) is 17.3 Å². The molecule has 0 aromatic heterocycles. The molecule has 1 aliphatic heterocycles. The third-order valence-electron chi connectivity index (χ3n) is 6.63. The van der Waals surface area contributed by atoms with Gasteiger partial charge in [-0.2, -0.15) is 0 Å². The van der Waals surface area contributed by atoms with Crippen LogP contribution in [0.2, 0.25) is 0 Å². The molecule has 1 amide bonds. The second-order valence-electron chi connectivity index (χ2n) is 8.42. The van der Waals surface area contributed by atoms with E-state index in [-0.39, 0.29) is 5.91 Å². The van der Waals surface area contributed by atoms with Crippen LogP contribution >= 0.6 is 11.8 Å². The van der Waals surface area contributed by atoms with Gasteiger partial charge in [0.1, 0.15) is 0 Å². The Morgan fingerprint density at radius 1 is 1.00 bits per heavy atom. The number of likely N-dealkylation sites (tertiary alicyclic amines) is 1. The van der Waals surface area contributed by atoms with Gasteiger partial charge in [-0.25, -0.2) is 0 Å². The molecule has 1 saturated heterocycles. The molecular formula is C24H29NOS. The molecule has 2 aromatic carbocycles. The molecule has 0 radical (unpaired) electrons. The second kappa shape index (κ2) is 7.35. The van der Waals surface area contributed by atoms with Crippen molar-refractivity contribution in [3.8, 4) is 0 Å². The number of carbonyl (C=O) groups is 1. The first-order valence-electron chi connectivity index (χ1n) is 10.0. The molecule has 1 heterocycles. The number of thioether (sulfide) groups is 1. The molecule has 27 heavy (non-hydrogen) atoms. The lowest BCUT2D eigenvalue weighted by molar-refractivity contribution is 0.0543. The van der Waals surface area contributed by atoms with Crippen molar-refractivity contribution in [2.75, 3.05) is 19.3 Å². The molecule has 0 unspecified atom stereocenters. The Kier molecular flexibility index (Phi) is 5.07. The average molecular weight is 380 g/mol. The summed E-state index contributed by atoms with van der Waals surface area (Å²) in [7, 11) is 0. The normalized spacial score (nSPS) is 18.4. The lowest BCUT2D eigenvalue weighted by Crippen LogP contribution is -2.45. The number of hydrogen-bond acceptors (Lipinski definition) is 2. The standard InChI is InChI=1S/C24H29NOS/c1-17-4-5-20-16-24(9-8-19(20)14-17)10-12-25(13-11-24)23(26)22-7-6-21(27-3)15-18(22)2/h4-7,14-15H,8-13,16H2,1-3H3. The molecule has 2 aromatic rings. The van der Waals surface area contributed by atoms with Gasteiger partial charge in [-0.1, -0.05) is 23.8 Å². The Bertz CT molecular complexity index is 865. The Morgan fingerprint density at radius 2 is 1.78 bits per heavy atom. The van der Waals surface area contributed by atoms with Gasteiger partial charge in [0.2, 0.25) is 0 Å². The van der Waals surface area contributed by atoms with Crippen LogP contribution in [0.15, 0.2) is 41.3 Å². The van der Waals surface area contributed by atoms with Crippen molar-refractivity contribution in [1.29, 1.82) is 0 Å². The van der Waals surface area contributed by atoms with Crippen LogP contribution in [0.4, 0.5) is 0 Å². The highest BCUT2D eigenvalue weighted by Crippen LogP contribution is 2.43. The van der Waals surface area contributed by atoms with E-state index < -0.39 is 0 Å². The summed E-state index contributed by atoms with van der Waals surface area (Å²) in [4.78, 5) is 16.3. The van der Waals surface area contributed by atoms with Gasteiger partial charge in [-0.3, -0.25) is 4.79 Å². The summed E-state index contributed by atoms with van der Waals surface area (Å²) in [6.45, 7) is 6.02. The van der Waals surface area contributed by atoms with Crippen molar-refractivity contribution in [2.45, 2.75) is 50.8 Å². The van der Waals surface area contributed by atoms with Crippen LogP contribution in [0.25, 0.3) is 0 Å². The number of fused-ring (bicyclic) bond motifs is 1. The molecule has 0 atom stereocenters. The zero-order valence-electron chi connectivity index (χ0n) is 16.7. The predicted molar refractivity (Wildman–Crippen MR) is 114 cm³/mol. The van der Waals surface area contributed by atoms with Crippen LogP contribution in [0.3, 0.4) is 0 Å². The molecular weight excluding hydrogens is 350 g/mol. The van der Waals surface area contributed by atoms with Gasteiger partial charge in [-0.05, 0) is 92.5 Å². The van der Waals surface area contributed by atoms with E-state index in [1.807, 2.05) is 6.07 Å². The maximum atomic E-state index is 13.0. The number of hydrogen-bond donors (Lipinski definition) is 0. The van der Waals surface area contributed by atoms with Gasteiger partial charge in [0.25, 0.3) is 5.91 Å². The molecule has 2 aliphatic rings. The number of piperidine rings is 1. The van der Waals surface area contributed by atoms with Crippen molar-refractivity contribution in [3.05, 3.63) is 64.2 Å². The van der Waals surface area contributed by atoms with Crippen LogP contribution in [0, 0.1) is 19.3 Å². The highest BCUT2D eigenvalue weighted by molar-refractivity contribution is 7.98. The Balaban J connectivity index is 1.45. The Hall–Kier alpha value is -1.74. The SMILES string of the molecule is CSc1ccc(C(=O)N2CCC3(CCc4cc(C)ccc4C3)CC2)c(C)c1. The molecule has 2 nitrogen and oxygen atoms in total. The highest BCUT2D eigenvalue weighted by Gasteiger charge is 2.38. The molecule has 1 aliphatic carbocycles. The first-order valence-corrected chi connectivity index (χ1v) is 11.2. The lowest BCUT2D eigenvalue weighted by atomic mass is 9.66. The van der Waals surface area contributed by atoms with E-state index in [4.69, 9.17) is 0 Å². The zero-order chi connectivity index (χ0) is 19.0. The number of carbonyl (C=O) groups excluding carboxylic acids is 1. The lowest BCUT2D eigenvalue weighted by Gasteiger charge is -2.45. The summed E-state index contributed by atoms with van der Waals surface area (Å²) >= 11 is 1.72. The minimum Gasteiger partial charge on any atom is -0.339 e. The molecule has 0 N–H and O–H groups in total. The third-order valence-corrected chi connectivity index (χ3v) is 7.35. The van der Waals surface area contributed by atoms with Gasteiger partial charge in [0, 0.05) is 23.5 Å². The van der Waals surface area contributed by atoms with Crippen LogP contribution < -0.4 is 0 Å². The van der Waals surface area contributed by atoms with Gasteiger partial charge in [0.15, 0.2) is 0 Å². The summed E-state index contributed by atoms with van der Waals surface area (Å²) in [5.41, 5.74) is 6.81. The van der Waals surface area contributed by atoms with Crippen molar-refractivity contribution < 1.29 is 4.79 Å². The third kappa shape index (κ3) is 3.67. The van der Waals surface area contributed by atoms with Crippen molar-refractivity contribution in [1.82, 2.24) is 4.90 Å². The largest absolute Gasteiger partial charge is 0.339 e. The van der Waals surface area contributed by atoms with Crippen molar-refractivity contribution in [2.24, 2.45) is 5.41 Å². The molecule has 0 bridgehead atoms. The van der Waals surface area contributed by atoms with E-state index in [9.17, 15) is 4.79 Å². The first-order chi connectivity index (χ1) is 13.0. The summed E-state index contributed by atoms with van der Waals surface area (Å²) in [6.07, 6.45) is 7.99. The van der Waals surface area contributed by atoms with Crippen LogP contribution in [0.5, 0.6) is 0 Å². The second-order valence-corrected chi connectivity index (χ2v) is 9.30. The fourth-order valence-electron chi connectivity index (χ4n) is 4.84. The number of nitrogens with zero attached hydrogens (tertiary/aromatic N) is 1. The minimum atomic E-state index is 0.210. The number of benzene rings is 2. The Morgan fingerprint density at radius 3 is 2.48 bits per heavy atom. The van der Waals surface area contributed by atoms with E-state index in [2.05, 4.69) is 55.3 Å². The van der Waals surface area contributed by atoms with E-state index in [0.29, 0.717) is 5.41 Å². The predicted octanol–water partition coefficient (Wildman–Crippen LogP) is 5.44. The highest BCUT2D eigenvalue weighted by atomic mass is 32.2. The van der Waals surface area contributed by atoms with Gasteiger partial charge in [0.05, 0.1) is 0 Å². The molecule has 1 spiro atoms.